The van der Waals surface area contributed by atoms with Crippen LogP contribution in [0.5, 0.6) is 0 Å². The Hall–Kier alpha value is -3.10. The van der Waals surface area contributed by atoms with Crippen LogP contribution in [0, 0.1) is 11.7 Å². The largest absolute Gasteiger partial charge is 0.442 e. The molecule has 0 aromatic heterocycles. The molecular formula is C27H37FN4O4. The van der Waals surface area contributed by atoms with Crippen molar-refractivity contribution in [3.05, 3.63) is 36.2 Å². The molecule has 8 nitrogen and oxygen atoms in total. The Morgan fingerprint density at radius 3 is 2.56 bits per heavy atom. The van der Waals surface area contributed by atoms with Crippen molar-refractivity contribution in [1.82, 2.24) is 10.2 Å². The number of piperidine rings is 1. The van der Waals surface area contributed by atoms with Crippen molar-refractivity contribution >= 4 is 29.3 Å². The molecule has 196 valence electrons. The van der Waals surface area contributed by atoms with Gasteiger partial charge >= 0.3 is 6.09 Å². The maximum absolute atomic E-state index is 15.1. The molecule has 1 saturated carbocycles. The Bertz CT molecular complexity index is 986. The van der Waals surface area contributed by atoms with Gasteiger partial charge in [-0.3, -0.25) is 14.5 Å². The van der Waals surface area contributed by atoms with Gasteiger partial charge in [-0.05, 0) is 55.9 Å². The van der Waals surface area contributed by atoms with E-state index in [2.05, 4.69) is 11.4 Å². The Morgan fingerprint density at radius 1 is 1.17 bits per heavy atom. The standard InChI is InChI=1S/C27H37FN4O4/c1-19(33)29-17-23-18-32(27(35)36-23)22-9-10-25(24(28)16-22)30(2)21-12-14-31(15-13-21)26(34)11-8-20-6-4-3-5-7-20/h8-11,16,20-21,23H,3-7,12-15,17-18H2,1-2H3,(H,29,33)/b11-8+/t23-/m0/s1. The van der Waals surface area contributed by atoms with Crippen molar-refractivity contribution in [2.45, 2.75) is 64.0 Å². The van der Waals surface area contributed by atoms with Crippen LogP contribution in [0.3, 0.4) is 0 Å². The molecule has 2 saturated heterocycles. The highest BCUT2D eigenvalue weighted by atomic mass is 19.1. The van der Waals surface area contributed by atoms with E-state index in [1.807, 2.05) is 16.8 Å². The van der Waals surface area contributed by atoms with E-state index in [-0.39, 0.29) is 30.9 Å². The summed E-state index contributed by atoms with van der Waals surface area (Å²) < 4.78 is 20.4. The third-order valence-electron chi connectivity index (χ3n) is 7.56. The second-order valence-corrected chi connectivity index (χ2v) is 10.1. The summed E-state index contributed by atoms with van der Waals surface area (Å²) in [5, 5.41) is 2.63. The molecule has 1 atom stereocenters. The lowest BCUT2D eigenvalue weighted by Gasteiger charge is -2.37. The van der Waals surface area contributed by atoms with E-state index in [1.165, 1.54) is 50.0 Å². The molecule has 2 aliphatic heterocycles. The zero-order chi connectivity index (χ0) is 25.7. The lowest BCUT2D eigenvalue weighted by atomic mass is 9.89. The normalized spacial score (nSPS) is 21.6. The number of allylic oxidation sites excluding steroid dienone is 1. The van der Waals surface area contributed by atoms with Gasteiger partial charge in [0, 0.05) is 33.1 Å². The second-order valence-electron chi connectivity index (χ2n) is 10.1. The minimum atomic E-state index is -0.555. The predicted molar refractivity (Wildman–Crippen MR) is 136 cm³/mol. The van der Waals surface area contributed by atoms with Crippen LogP contribution in [-0.4, -0.2) is 68.2 Å². The van der Waals surface area contributed by atoms with Gasteiger partial charge in [-0.15, -0.1) is 0 Å². The monoisotopic (exact) mass is 500 g/mol. The number of benzene rings is 1. The SMILES string of the molecule is CC(=O)NC[C@H]1CN(c2ccc(N(C)C3CCN(C(=O)/C=C/C4CCCCC4)CC3)c(F)c2)C(=O)O1. The summed E-state index contributed by atoms with van der Waals surface area (Å²) >= 11 is 0. The quantitative estimate of drug-likeness (QED) is 0.575. The summed E-state index contributed by atoms with van der Waals surface area (Å²) in [7, 11) is 1.87. The first-order chi connectivity index (χ1) is 17.3. The third-order valence-corrected chi connectivity index (χ3v) is 7.56. The number of carbonyl (C=O) groups is 3. The number of rotatable bonds is 7. The van der Waals surface area contributed by atoms with Crippen molar-refractivity contribution in [1.29, 1.82) is 0 Å². The summed E-state index contributed by atoms with van der Waals surface area (Å²) in [4.78, 5) is 41.2. The molecule has 0 unspecified atom stereocenters. The zero-order valence-corrected chi connectivity index (χ0v) is 21.2. The molecule has 3 aliphatic rings. The first-order valence-corrected chi connectivity index (χ1v) is 13.0. The van der Waals surface area contributed by atoms with Crippen LogP contribution >= 0.6 is 0 Å². The summed E-state index contributed by atoms with van der Waals surface area (Å²) in [6.45, 7) is 3.17. The number of hydrogen-bond acceptors (Lipinski definition) is 5. The molecule has 0 radical (unpaired) electrons. The van der Waals surface area contributed by atoms with Gasteiger partial charge < -0.3 is 19.9 Å². The molecule has 3 fully saturated rings. The fourth-order valence-electron chi connectivity index (χ4n) is 5.37. The van der Waals surface area contributed by atoms with Gasteiger partial charge in [-0.2, -0.15) is 0 Å². The number of halogens is 1. The maximum atomic E-state index is 15.1. The number of likely N-dealkylation sites (tertiary alicyclic amines) is 1. The van der Waals surface area contributed by atoms with E-state index < -0.39 is 18.0 Å². The topological polar surface area (TPSA) is 82.2 Å². The van der Waals surface area contributed by atoms with Gasteiger partial charge in [-0.25, -0.2) is 9.18 Å². The molecule has 9 heteroatoms. The second kappa shape index (κ2) is 11.8. The van der Waals surface area contributed by atoms with E-state index in [0.29, 0.717) is 30.4 Å². The lowest BCUT2D eigenvalue weighted by molar-refractivity contribution is -0.127. The Balaban J connectivity index is 1.30. The van der Waals surface area contributed by atoms with Crippen molar-refractivity contribution in [2.24, 2.45) is 5.92 Å². The van der Waals surface area contributed by atoms with Crippen LogP contribution < -0.4 is 15.1 Å². The van der Waals surface area contributed by atoms with Crippen LogP contribution in [0.15, 0.2) is 30.4 Å². The highest BCUT2D eigenvalue weighted by molar-refractivity contribution is 5.90. The van der Waals surface area contributed by atoms with Crippen molar-refractivity contribution in [3.63, 3.8) is 0 Å². The van der Waals surface area contributed by atoms with Gasteiger partial charge in [0.1, 0.15) is 11.9 Å². The van der Waals surface area contributed by atoms with Gasteiger partial charge in [0.05, 0.1) is 24.5 Å². The van der Waals surface area contributed by atoms with Gasteiger partial charge in [0.2, 0.25) is 11.8 Å². The smallest absolute Gasteiger partial charge is 0.414 e. The lowest BCUT2D eigenvalue weighted by Crippen LogP contribution is -2.45. The van der Waals surface area contributed by atoms with E-state index >= 15 is 4.39 Å². The Morgan fingerprint density at radius 2 is 1.89 bits per heavy atom. The highest BCUT2D eigenvalue weighted by Gasteiger charge is 2.33. The zero-order valence-electron chi connectivity index (χ0n) is 21.2. The fourth-order valence-corrected chi connectivity index (χ4v) is 5.37. The number of ether oxygens (including phenoxy) is 1. The van der Waals surface area contributed by atoms with E-state index in [4.69, 9.17) is 4.74 Å². The number of nitrogens with zero attached hydrogens (tertiary/aromatic N) is 3. The van der Waals surface area contributed by atoms with Crippen molar-refractivity contribution in [2.75, 3.05) is 43.0 Å². The van der Waals surface area contributed by atoms with Crippen LogP contribution in [0.4, 0.5) is 20.6 Å². The molecule has 36 heavy (non-hydrogen) atoms. The first kappa shape index (κ1) is 26.0. The highest BCUT2D eigenvalue weighted by Crippen LogP contribution is 2.30. The summed E-state index contributed by atoms with van der Waals surface area (Å²) in [6.07, 6.45) is 10.5. The molecule has 1 aliphatic carbocycles. The summed E-state index contributed by atoms with van der Waals surface area (Å²) in [6, 6.07) is 4.87. The fraction of sp³-hybridized carbons (Fsp3) is 0.593. The Kier molecular flexibility index (Phi) is 8.48. The summed E-state index contributed by atoms with van der Waals surface area (Å²) in [5.41, 5.74) is 0.883. The van der Waals surface area contributed by atoms with E-state index in [9.17, 15) is 14.4 Å². The van der Waals surface area contributed by atoms with Crippen LogP contribution in [0.25, 0.3) is 0 Å². The molecule has 0 spiro atoms. The molecule has 2 heterocycles. The summed E-state index contributed by atoms with van der Waals surface area (Å²) in [5.74, 6) is -0.00887. The van der Waals surface area contributed by atoms with Crippen LogP contribution in [-0.2, 0) is 14.3 Å². The van der Waals surface area contributed by atoms with E-state index in [1.54, 1.807) is 18.2 Å². The maximum Gasteiger partial charge on any atom is 0.414 e. The predicted octanol–water partition coefficient (Wildman–Crippen LogP) is 3.85. The van der Waals surface area contributed by atoms with Crippen LogP contribution in [0.1, 0.15) is 51.9 Å². The van der Waals surface area contributed by atoms with Gasteiger partial charge in [0.15, 0.2) is 0 Å². The van der Waals surface area contributed by atoms with Crippen LogP contribution in [0.2, 0.25) is 0 Å². The first-order valence-electron chi connectivity index (χ1n) is 13.0. The molecule has 1 aromatic carbocycles. The van der Waals surface area contributed by atoms with Crippen molar-refractivity contribution < 1.29 is 23.5 Å². The number of carbonyl (C=O) groups excluding carboxylic acids is 3. The number of amides is 3. The molecule has 1 aromatic rings. The molecule has 4 rings (SSSR count). The minimum Gasteiger partial charge on any atom is -0.442 e. The van der Waals surface area contributed by atoms with Crippen molar-refractivity contribution in [3.8, 4) is 0 Å². The number of nitrogens with one attached hydrogen (secondary N) is 1. The molecule has 0 bridgehead atoms. The van der Waals surface area contributed by atoms with Gasteiger partial charge in [-0.1, -0.05) is 25.3 Å². The van der Waals surface area contributed by atoms with Gasteiger partial charge in [0.25, 0.3) is 0 Å². The molecule has 1 N–H and O–H groups in total. The number of hydrogen-bond donors (Lipinski definition) is 1. The minimum absolute atomic E-state index is 0.0755. The third kappa shape index (κ3) is 6.36. The molecular weight excluding hydrogens is 463 g/mol. The average Bonchev–Trinajstić information content (AvgIpc) is 3.26. The van der Waals surface area contributed by atoms with E-state index in [0.717, 1.165) is 12.8 Å². The molecule has 3 amide bonds. The Labute approximate surface area is 212 Å². The average molecular weight is 501 g/mol. The number of cyclic esters (lactones) is 1. The number of anilines is 2.